The Morgan fingerprint density at radius 1 is 0.745 bits per heavy atom. The molecule has 2 aliphatic heterocycles. The first-order valence-electron chi connectivity index (χ1n) is 18.1. The van der Waals surface area contributed by atoms with Crippen LogP contribution in [0.1, 0.15) is 71.9 Å². The fourth-order valence-corrected chi connectivity index (χ4v) is 7.96. The molecule has 1 aliphatic carbocycles. The Morgan fingerprint density at radius 2 is 1.35 bits per heavy atom. The molecule has 0 aromatic heterocycles. The Bertz CT molecular complexity index is 1770. The van der Waals surface area contributed by atoms with Gasteiger partial charge in [-0.05, 0) is 81.9 Å². The molecule has 0 amide bonds. The summed E-state index contributed by atoms with van der Waals surface area (Å²) >= 11 is 7.26. The zero-order valence-corrected chi connectivity index (χ0v) is 33.0. The van der Waals surface area contributed by atoms with Gasteiger partial charge in [0.05, 0.1) is 46.5 Å². The number of nitrogens with zero attached hydrogens (tertiary/aromatic N) is 2. The van der Waals surface area contributed by atoms with E-state index >= 15 is 0 Å². The number of halogens is 1. The standard InChI is InChI=1S/C42H56ClN2O6/c1-11-50-22-20-44-32-26-36(48-9)34(46-7)24-30(32)41(3,4)38(44)18-16-28-14-13-15-29(40(28)43)17-19-39-42(5,6)31-25-35(47-8)37(49-10)27-33(31)45(39)21-23-51-12-2/h16-19,24-27H,11-15,20-23H2,1-10H3/q+1. The van der Waals surface area contributed by atoms with E-state index in [9.17, 15) is 0 Å². The largest absolute Gasteiger partial charge is 0.493 e. The van der Waals surface area contributed by atoms with Crippen LogP contribution in [-0.2, 0) is 20.3 Å². The maximum atomic E-state index is 7.26. The Labute approximate surface area is 310 Å². The van der Waals surface area contributed by atoms with Crippen LogP contribution in [0.3, 0.4) is 0 Å². The van der Waals surface area contributed by atoms with Gasteiger partial charge in [0, 0.05) is 59.3 Å². The highest BCUT2D eigenvalue weighted by Gasteiger charge is 2.45. The van der Waals surface area contributed by atoms with Crippen molar-refractivity contribution in [1.29, 1.82) is 0 Å². The lowest BCUT2D eigenvalue weighted by Crippen LogP contribution is -2.29. The van der Waals surface area contributed by atoms with Crippen LogP contribution in [0.2, 0.25) is 0 Å². The third kappa shape index (κ3) is 7.46. The van der Waals surface area contributed by atoms with Crippen molar-refractivity contribution in [3.8, 4) is 23.0 Å². The van der Waals surface area contributed by atoms with Crippen LogP contribution in [0, 0.1) is 0 Å². The molecule has 0 bridgehead atoms. The number of hydrogen-bond donors (Lipinski definition) is 0. The van der Waals surface area contributed by atoms with Crippen LogP contribution in [0.25, 0.3) is 0 Å². The predicted octanol–water partition coefficient (Wildman–Crippen LogP) is 9.01. The first kappa shape index (κ1) is 38.5. The molecule has 0 atom stereocenters. The van der Waals surface area contributed by atoms with Gasteiger partial charge >= 0.3 is 0 Å². The molecule has 276 valence electrons. The van der Waals surface area contributed by atoms with Crippen LogP contribution in [0.5, 0.6) is 23.0 Å². The molecule has 8 nitrogen and oxygen atoms in total. The van der Waals surface area contributed by atoms with Crippen molar-refractivity contribution in [3.05, 3.63) is 81.6 Å². The summed E-state index contributed by atoms with van der Waals surface area (Å²) in [5.74, 6) is 2.88. The van der Waals surface area contributed by atoms with Gasteiger partial charge in [-0.3, -0.25) is 0 Å². The number of ether oxygens (including phenoxy) is 6. The molecule has 0 N–H and O–H groups in total. The molecule has 0 saturated heterocycles. The molecule has 2 heterocycles. The maximum absolute atomic E-state index is 7.26. The number of fused-ring (bicyclic) bond motifs is 2. The minimum absolute atomic E-state index is 0.276. The van der Waals surface area contributed by atoms with E-state index in [0.29, 0.717) is 37.9 Å². The van der Waals surface area contributed by atoms with Crippen molar-refractivity contribution in [2.75, 3.05) is 72.9 Å². The van der Waals surface area contributed by atoms with Gasteiger partial charge in [0.25, 0.3) is 0 Å². The number of rotatable bonds is 15. The zero-order chi connectivity index (χ0) is 36.9. The van der Waals surface area contributed by atoms with Gasteiger partial charge in [-0.25, -0.2) is 0 Å². The van der Waals surface area contributed by atoms with E-state index in [-0.39, 0.29) is 10.8 Å². The van der Waals surface area contributed by atoms with Crippen LogP contribution in [-0.4, -0.2) is 78.2 Å². The summed E-state index contributed by atoms with van der Waals surface area (Å²) < 4.78 is 36.8. The second-order valence-corrected chi connectivity index (χ2v) is 14.4. The Kier molecular flexibility index (Phi) is 12.3. The molecule has 2 aromatic rings. The van der Waals surface area contributed by atoms with Crippen molar-refractivity contribution >= 4 is 28.7 Å². The smallest absolute Gasteiger partial charge is 0.213 e. The monoisotopic (exact) mass is 719 g/mol. The van der Waals surface area contributed by atoms with E-state index in [1.165, 1.54) is 22.5 Å². The zero-order valence-electron chi connectivity index (χ0n) is 32.2. The minimum Gasteiger partial charge on any atom is -0.493 e. The van der Waals surface area contributed by atoms with Crippen molar-refractivity contribution in [3.63, 3.8) is 0 Å². The molecule has 2 aromatic carbocycles. The van der Waals surface area contributed by atoms with Gasteiger partial charge in [-0.1, -0.05) is 37.6 Å². The second kappa shape index (κ2) is 16.3. The highest BCUT2D eigenvalue weighted by atomic mass is 35.5. The normalized spacial score (nSPS) is 19.4. The lowest BCUT2D eigenvalue weighted by atomic mass is 9.81. The number of hydrogen-bond acceptors (Lipinski definition) is 7. The Balaban J connectivity index is 1.53. The average molecular weight is 720 g/mol. The van der Waals surface area contributed by atoms with E-state index in [1.807, 2.05) is 13.8 Å². The van der Waals surface area contributed by atoms with Gasteiger partial charge in [-0.15, -0.1) is 0 Å². The summed E-state index contributed by atoms with van der Waals surface area (Å²) in [4.78, 5) is 2.35. The molecule has 0 fully saturated rings. The summed E-state index contributed by atoms with van der Waals surface area (Å²) in [5.41, 5.74) is 8.70. The topological polar surface area (TPSA) is 61.6 Å². The van der Waals surface area contributed by atoms with E-state index in [2.05, 4.69) is 85.7 Å². The average Bonchev–Trinajstić information content (AvgIpc) is 3.46. The van der Waals surface area contributed by atoms with Gasteiger partial charge < -0.3 is 33.3 Å². The second-order valence-electron chi connectivity index (χ2n) is 14.1. The first-order valence-corrected chi connectivity index (χ1v) is 18.5. The van der Waals surface area contributed by atoms with Crippen LogP contribution in [0.15, 0.2) is 70.4 Å². The molecule has 0 spiro atoms. The fraction of sp³-hybridized carbons (Fsp3) is 0.500. The summed E-state index contributed by atoms with van der Waals surface area (Å²) in [6, 6.07) is 8.38. The third-order valence-electron chi connectivity index (χ3n) is 10.5. The van der Waals surface area contributed by atoms with Crippen LogP contribution >= 0.6 is 11.6 Å². The Hall–Kier alpha value is -3.72. The Morgan fingerprint density at radius 3 is 2.00 bits per heavy atom. The third-order valence-corrected chi connectivity index (χ3v) is 10.9. The lowest BCUT2D eigenvalue weighted by Gasteiger charge is -2.27. The highest BCUT2D eigenvalue weighted by Crippen LogP contribution is 2.52. The van der Waals surface area contributed by atoms with Crippen molar-refractivity contribution < 1.29 is 33.0 Å². The number of allylic oxidation sites excluding steroid dienone is 8. The van der Waals surface area contributed by atoms with E-state index in [1.54, 1.807) is 28.4 Å². The van der Waals surface area contributed by atoms with Gasteiger partial charge in [0.2, 0.25) is 5.69 Å². The summed E-state index contributed by atoms with van der Waals surface area (Å²) in [7, 11) is 6.72. The lowest BCUT2D eigenvalue weighted by molar-refractivity contribution is -0.442. The van der Waals surface area contributed by atoms with Crippen LogP contribution < -0.4 is 23.8 Å². The molecule has 0 saturated carbocycles. The van der Waals surface area contributed by atoms with E-state index < -0.39 is 0 Å². The van der Waals surface area contributed by atoms with Gasteiger partial charge in [0.1, 0.15) is 6.61 Å². The maximum Gasteiger partial charge on any atom is 0.213 e. The molecule has 5 rings (SSSR count). The molecule has 3 aliphatic rings. The van der Waals surface area contributed by atoms with Crippen molar-refractivity contribution in [2.24, 2.45) is 0 Å². The molecular formula is C42H56ClN2O6+. The summed E-state index contributed by atoms with van der Waals surface area (Å²) in [5, 5.41) is 0.824. The SMILES string of the molecule is CCOCCN1/C(=C\C=C2/CCCC(/C=C/C3=[N+](CCOCC)c4cc(OC)c(OC)cc4C3(C)C)=C2Cl)C(C)(C)c2cc(OC)c(OC)cc21. The quantitative estimate of drug-likeness (QED) is 0.135. The number of anilines is 1. The molecule has 9 heteroatoms. The van der Waals surface area contributed by atoms with E-state index in [0.717, 1.165) is 71.4 Å². The molecular weight excluding hydrogens is 664 g/mol. The molecule has 51 heavy (non-hydrogen) atoms. The molecule has 0 radical (unpaired) electrons. The van der Waals surface area contributed by atoms with Crippen molar-refractivity contribution in [1.82, 2.24) is 0 Å². The fourth-order valence-electron chi connectivity index (χ4n) is 7.64. The summed E-state index contributed by atoms with van der Waals surface area (Å²) in [6.45, 7) is 17.1. The number of methoxy groups -OCH3 is 4. The van der Waals surface area contributed by atoms with Gasteiger partial charge in [0.15, 0.2) is 35.3 Å². The van der Waals surface area contributed by atoms with E-state index in [4.69, 9.17) is 40.0 Å². The van der Waals surface area contributed by atoms with Gasteiger partial charge in [-0.2, -0.15) is 4.58 Å². The van der Waals surface area contributed by atoms with Crippen LogP contribution in [0.4, 0.5) is 11.4 Å². The van der Waals surface area contributed by atoms with Crippen molar-refractivity contribution in [2.45, 2.75) is 71.6 Å². The predicted molar refractivity (Wildman–Crippen MR) is 207 cm³/mol. The highest BCUT2D eigenvalue weighted by molar-refractivity contribution is 6.32. The first-order chi connectivity index (χ1) is 24.5. The minimum atomic E-state index is -0.276. The summed E-state index contributed by atoms with van der Waals surface area (Å²) in [6.07, 6.45) is 11.8. The molecule has 0 unspecified atom stereocenters. The number of benzene rings is 2.